The van der Waals surface area contributed by atoms with Gasteiger partial charge in [-0.1, -0.05) is 60.7 Å². The van der Waals surface area contributed by atoms with E-state index in [0.717, 1.165) is 22.3 Å². The van der Waals surface area contributed by atoms with Crippen LogP contribution in [-0.2, 0) is 25.6 Å². The van der Waals surface area contributed by atoms with Gasteiger partial charge in [-0.3, -0.25) is 9.59 Å². The van der Waals surface area contributed by atoms with Crippen LogP contribution in [0.4, 0.5) is 0 Å². The third-order valence-corrected chi connectivity index (χ3v) is 5.20. The third kappa shape index (κ3) is 6.80. The minimum absolute atomic E-state index is 0.00580. The van der Waals surface area contributed by atoms with Crippen LogP contribution < -0.4 is 11.1 Å². The Labute approximate surface area is 191 Å². The van der Waals surface area contributed by atoms with Gasteiger partial charge in [-0.05, 0) is 34.4 Å². The van der Waals surface area contributed by atoms with Gasteiger partial charge in [0.25, 0.3) is 11.1 Å². The molecule has 0 spiro atoms. The van der Waals surface area contributed by atoms with E-state index in [0.29, 0.717) is 19.0 Å². The highest BCUT2D eigenvalue weighted by atomic mass is 35.5. The van der Waals surface area contributed by atoms with Gasteiger partial charge < -0.3 is 14.2 Å². The SMILES string of the molecule is O=c1ccccn1Cc1ccc(CCl)cc1.O=c1ccccn1Cc1ccc(CO)cc1. The number of benzene rings is 2. The Morgan fingerprint density at radius 3 is 1.38 bits per heavy atom. The van der Waals surface area contributed by atoms with Crippen LogP contribution in [0.1, 0.15) is 22.3 Å². The second kappa shape index (κ2) is 11.8. The maximum absolute atomic E-state index is 11.5. The molecule has 4 aromatic rings. The summed E-state index contributed by atoms with van der Waals surface area (Å²) in [7, 11) is 0. The van der Waals surface area contributed by atoms with Crippen molar-refractivity contribution >= 4 is 11.6 Å². The molecule has 0 amide bonds. The van der Waals surface area contributed by atoms with Gasteiger partial charge in [-0.2, -0.15) is 0 Å². The number of aromatic nitrogens is 2. The van der Waals surface area contributed by atoms with Gasteiger partial charge in [-0.15, -0.1) is 11.6 Å². The van der Waals surface area contributed by atoms with Gasteiger partial charge >= 0.3 is 0 Å². The van der Waals surface area contributed by atoms with Crippen molar-refractivity contribution in [2.75, 3.05) is 0 Å². The fourth-order valence-corrected chi connectivity index (χ4v) is 3.24. The molecule has 0 radical (unpaired) electrons. The van der Waals surface area contributed by atoms with Gasteiger partial charge in [-0.25, -0.2) is 0 Å². The fraction of sp³-hybridized carbons (Fsp3) is 0.154. The Morgan fingerprint density at radius 2 is 1.00 bits per heavy atom. The van der Waals surface area contributed by atoms with Crippen LogP contribution >= 0.6 is 11.6 Å². The Morgan fingerprint density at radius 1 is 0.594 bits per heavy atom. The van der Waals surface area contributed by atoms with Gasteiger partial charge in [0.2, 0.25) is 0 Å². The average Bonchev–Trinajstić information content (AvgIpc) is 2.83. The van der Waals surface area contributed by atoms with Crippen molar-refractivity contribution in [2.45, 2.75) is 25.6 Å². The van der Waals surface area contributed by atoms with Crippen molar-refractivity contribution in [1.29, 1.82) is 0 Å². The monoisotopic (exact) mass is 448 g/mol. The van der Waals surface area contributed by atoms with Crippen molar-refractivity contribution in [3.05, 3.63) is 140 Å². The summed E-state index contributed by atoms with van der Waals surface area (Å²) < 4.78 is 3.32. The molecule has 0 atom stereocenters. The van der Waals surface area contributed by atoms with E-state index in [2.05, 4.69) is 0 Å². The van der Waals surface area contributed by atoms with E-state index in [1.54, 1.807) is 45.8 Å². The van der Waals surface area contributed by atoms with Crippen molar-refractivity contribution in [3.63, 3.8) is 0 Å². The lowest BCUT2D eigenvalue weighted by molar-refractivity contribution is 0.282. The first kappa shape index (κ1) is 23.3. The zero-order chi connectivity index (χ0) is 22.8. The molecule has 2 aromatic carbocycles. The lowest BCUT2D eigenvalue weighted by Gasteiger charge is -2.05. The molecule has 1 N–H and O–H groups in total. The molecule has 6 heteroatoms. The summed E-state index contributed by atoms with van der Waals surface area (Å²) in [6, 6.07) is 25.8. The molecule has 0 aliphatic carbocycles. The van der Waals surface area contributed by atoms with E-state index in [4.69, 9.17) is 16.7 Å². The van der Waals surface area contributed by atoms with Crippen molar-refractivity contribution < 1.29 is 5.11 Å². The molecule has 2 heterocycles. The lowest BCUT2D eigenvalue weighted by atomic mass is 10.1. The van der Waals surface area contributed by atoms with Crippen molar-refractivity contribution in [3.8, 4) is 0 Å². The van der Waals surface area contributed by atoms with Crippen LogP contribution in [0.2, 0.25) is 0 Å². The molecule has 0 saturated carbocycles. The smallest absolute Gasteiger partial charge is 0.250 e. The fourth-order valence-electron chi connectivity index (χ4n) is 3.06. The van der Waals surface area contributed by atoms with E-state index >= 15 is 0 Å². The van der Waals surface area contributed by atoms with E-state index in [-0.39, 0.29) is 17.7 Å². The summed E-state index contributed by atoms with van der Waals surface area (Å²) in [5, 5.41) is 8.91. The number of aliphatic hydroxyl groups is 1. The Bertz CT molecular complexity index is 1130. The molecule has 0 saturated heterocycles. The topological polar surface area (TPSA) is 64.2 Å². The predicted octanol–water partition coefficient (Wildman–Crippen LogP) is 4.02. The van der Waals surface area contributed by atoms with Gasteiger partial charge in [0.15, 0.2) is 0 Å². The molecule has 5 nitrogen and oxygen atoms in total. The number of pyridine rings is 2. The minimum Gasteiger partial charge on any atom is -0.392 e. The molecule has 0 fully saturated rings. The maximum Gasteiger partial charge on any atom is 0.250 e. The Kier molecular flexibility index (Phi) is 8.61. The second-order valence-corrected chi connectivity index (χ2v) is 7.53. The largest absolute Gasteiger partial charge is 0.392 e. The molecule has 2 aromatic heterocycles. The molecular formula is C26H25ClN2O3. The quantitative estimate of drug-likeness (QED) is 0.453. The first-order chi connectivity index (χ1) is 15.6. The molecule has 4 rings (SSSR count). The number of alkyl halides is 1. The number of hydrogen-bond donors (Lipinski definition) is 1. The average molecular weight is 449 g/mol. The summed E-state index contributed by atoms with van der Waals surface area (Å²) >= 11 is 5.71. The maximum atomic E-state index is 11.5. The van der Waals surface area contributed by atoms with E-state index in [1.165, 1.54) is 0 Å². The third-order valence-electron chi connectivity index (χ3n) is 4.89. The highest BCUT2D eigenvalue weighted by molar-refractivity contribution is 6.17. The van der Waals surface area contributed by atoms with Crippen LogP contribution in [0, 0.1) is 0 Å². The number of halogens is 1. The minimum atomic E-state index is -0.00580. The first-order valence-electron chi connectivity index (χ1n) is 10.2. The summed E-state index contributed by atoms with van der Waals surface area (Å²) in [6.45, 7) is 1.21. The molecule has 32 heavy (non-hydrogen) atoms. The van der Waals surface area contributed by atoms with Crippen LogP contribution in [0.3, 0.4) is 0 Å². The summed E-state index contributed by atoms with van der Waals surface area (Å²) in [5.74, 6) is 0.519. The lowest BCUT2D eigenvalue weighted by Crippen LogP contribution is -2.18. The molecule has 164 valence electrons. The van der Waals surface area contributed by atoms with Gasteiger partial charge in [0, 0.05) is 30.4 Å². The highest BCUT2D eigenvalue weighted by Crippen LogP contribution is 2.08. The normalized spacial score (nSPS) is 10.3. The predicted molar refractivity (Wildman–Crippen MR) is 128 cm³/mol. The van der Waals surface area contributed by atoms with Crippen molar-refractivity contribution in [2.24, 2.45) is 0 Å². The number of rotatable bonds is 6. The van der Waals surface area contributed by atoms with E-state index in [1.807, 2.05) is 60.7 Å². The molecule has 0 aliphatic heterocycles. The van der Waals surface area contributed by atoms with Crippen LogP contribution in [0.15, 0.2) is 107 Å². The second-order valence-electron chi connectivity index (χ2n) is 7.26. The van der Waals surface area contributed by atoms with Gasteiger partial charge in [0.1, 0.15) is 0 Å². The highest BCUT2D eigenvalue weighted by Gasteiger charge is 1.98. The number of nitrogens with zero attached hydrogens (tertiary/aromatic N) is 2. The van der Waals surface area contributed by atoms with Crippen LogP contribution in [0.5, 0.6) is 0 Å². The Balaban J connectivity index is 0.000000181. The number of aliphatic hydroxyl groups excluding tert-OH is 1. The molecule has 0 unspecified atom stereocenters. The molecule has 0 bridgehead atoms. The standard InChI is InChI=1S/C13H12ClNO.C13H13NO2/c14-9-11-4-6-12(7-5-11)10-15-8-2-1-3-13(15)16;15-10-12-6-4-11(5-7-12)9-14-8-2-1-3-13(14)16/h1-8H,9-10H2;1-8,15H,9-10H2. The zero-order valence-corrected chi connectivity index (χ0v) is 18.4. The first-order valence-corrected chi connectivity index (χ1v) is 10.8. The number of hydrogen-bond acceptors (Lipinski definition) is 3. The summed E-state index contributed by atoms with van der Waals surface area (Å²) in [5.41, 5.74) is 4.13. The molecular weight excluding hydrogens is 424 g/mol. The van der Waals surface area contributed by atoms with Crippen LogP contribution in [-0.4, -0.2) is 14.2 Å². The van der Waals surface area contributed by atoms with E-state index < -0.39 is 0 Å². The van der Waals surface area contributed by atoms with Crippen molar-refractivity contribution in [1.82, 2.24) is 9.13 Å². The summed E-state index contributed by atoms with van der Waals surface area (Å²) in [6.07, 6.45) is 3.56. The van der Waals surface area contributed by atoms with E-state index in [9.17, 15) is 9.59 Å². The summed E-state index contributed by atoms with van der Waals surface area (Å²) in [4.78, 5) is 23.0. The molecule has 0 aliphatic rings. The Hall–Kier alpha value is -3.41. The zero-order valence-electron chi connectivity index (χ0n) is 17.6. The van der Waals surface area contributed by atoms with Gasteiger partial charge in [0.05, 0.1) is 19.7 Å². The van der Waals surface area contributed by atoms with Crippen LogP contribution in [0.25, 0.3) is 0 Å².